The molecule has 1 aromatic rings. The van der Waals surface area contributed by atoms with Crippen LogP contribution in [0, 0.1) is 0 Å². The van der Waals surface area contributed by atoms with Gasteiger partial charge in [-0.2, -0.15) is 0 Å². The number of nitrogens with one attached hydrogen (secondary N) is 1. The number of carbonyl (C=O) groups is 2. The van der Waals surface area contributed by atoms with Gasteiger partial charge in [-0.25, -0.2) is 0 Å². The van der Waals surface area contributed by atoms with Crippen LogP contribution in [0.5, 0.6) is 0 Å². The molecule has 1 aliphatic rings. The van der Waals surface area contributed by atoms with Gasteiger partial charge in [0.15, 0.2) is 0 Å². The standard InChI is InChI=1S/C12H14N2O2.2C2H6/c1-2-13-7-8-14-11(15)9-5-3-4-6-10(9)12(14)16;2*1-2/h3-6,13H,2,7-8H2,1H3;2*1-2H3. The van der Waals surface area contributed by atoms with Gasteiger partial charge in [0.1, 0.15) is 0 Å². The van der Waals surface area contributed by atoms with E-state index >= 15 is 0 Å². The molecule has 4 nitrogen and oxygen atoms in total. The van der Waals surface area contributed by atoms with Gasteiger partial charge >= 0.3 is 0 Å². The lowest BCUT2D eigenvalue weighted by Crippen LogP contribution is -2.36. The van der Waals surface area contributed by atoms with E-state index in [9.17, 15) is 9.59 Å². The van der Waals surface area contributed by atoms with E-state index in [0.717, 1.165) is 6.54 Å². The van der Waals surface area contributed by atoms with Crippen molar-refractivity contribution < 1.29 is 9.59 Å². The number of carbonyl (C=O) groups excluding carboxylic acids is 2. The average molecular weight is 278 g/mol. The molecular weight excluding hydrogens is 252 g/mol. The summed E-state index contributed by atoms with van der Waals surface area (Å²) in [6.45, 7) is 11.9. The highest BCUT2D eigenvalue weighted by Crippen LogP contribution is 2.21. The first-order valence-corrected chi connectivity index (χ1v) is 7.41. The van der Waals surface area contributed by atoms with Crippen LogP contribution in [0.1, 0.15) is 55.3 Å². The van der Waals surface area contributed by atoms with E-state index in [1.54, 1.807) is 24.3 Å². The summed E-state index contributed by atoms with van der Waals surface area (Å²) < 4.78 is 0. The zero-order valence-electron chi connectivity index (χ0n) is 13.2. The van der Waals surface area contributed by atoms with Crippen LogP contribution in [0.25, 0.3) is 0 Å². The lowest BCUT2D eigenvalue weighted by Gasteiger charge is -2.13. The molecular formula is C16H26N2O2. The Bertz CT molecular complexity index is 395. The molecule has 0 aromatic heterocycles. The van der Waals surface area contributed by atoms with Gasteiger partial charge in [-0.15, -0.1) is 0 Å². The van der Waals surface area contributed by atoms with Crippen molar-refractivity contribution in [2.75, 3.05) is 19.6 Å². The molecule has 4 heteroatoms. The molecule has 0 unspecified atom stereocenters. The van der Waals surface area contributed by atoms with E-state index in [0.29, 0.717) is 24.2 Å². The Hall–Kier alpha value is -1.68. The Morgan fingerprint density at radius 2 is 1.40 bits per heavy atom. The van der Waals surface area contributed by atoms with Crippen LogP contribution < -0.4 is 5.32 Å². The third-order valence-corrected chi connectivity index (χ3v) is 2.64. The van der Waals surface area contributed by atoms with Gasteiger partial charge in [0, 0.05) is 13.1 Å². The molecule has 1 aliphatic heterocycles. The maximum absolute atomic E-state index is 11.9. The summed E-state index contributed by atoms with van der Waals surface area (Å²) >= 11 is 0. The highest BCUT2D eigenvalue weighted by Gasteiger charge is 2.34. The van der Waals surface area contributed by atoms with Crippen molar-refractivity contribution in [2.24, 2.45) is 0 Å². The van der Waals surface area contributed by atoms with Crippen LogP contribution in [0.15, 0.2) is 24.3 Å². The maximum atomic E-state index is 11.9. The number of benzene rings is 1. The summed E-state index contributed by atoms with van der Waals surface area (Å²) in [6.07, 6.45) is 0. The molecule has 0 saturated heterocycles. The fourth-order valence-corrected chi connectivity index (χ4v) is 1.81. The predicted octanol–water partition coefficient (Wildman–Crippen LogP) is 2.94. The summed E-state index contributed by atoms with van der Waals surface area (Å²) in [7, 11) is 0. The van der Waals surface area contributed by atoms with E-state index < -0.39 is 0 Å². The lowest BCUT2D eigenvalue weighted by molar-refractivity contribution is 0.0656. The fraction of sp³-hybridized carbons (Fsp3) is 0.500. The lowest BCUT2D eigenvalue weighted by atomic mass is 10.1. The van der Waals surface area contributed by atoms with Crippen LogP contribution in [-0.2, 0) is 0 Å². The van der Waals surface area contributed by atoms with E-state index in [1.165, 1.54) is 4.90 Å². The minimum atomic E-state index is -0.182. The van der Waals surface area contributed by atoms with E-state index in [4.69, 9.17) is 0 Å². The minimum absolute atomic E-state index is 0.182. The van der Waals surface area contributed by atoms with Crippen LogP contribution in [-0.4, -0.2) is 36.3 Å². The third-order valence-electron chi connectivity index (χ3n) is 2.64. The molecule has 1 heterocycles. The quantitative estimate of drug-likeness (QED) is 0.680. The zero-order chi connectivity index (χ0) is 15.5. The third kappa shape index (κ3) is 4.17. The van der Waals surface area contributed by atoms with Gasteiger partial charge in [-0.3, -0.25) is 14.5 Å². The zero-order valence-corrected chi connectivity index (χ0v) is 13.2. The molecule has 0 fully saturated rings. The number of amides is 2. The Morgan fingerprint density at radius 3 is 1.80 bits per heavy atom. The summed E-state index contributed by atoms with van der Waals surface area (Å²) in [4.78, 5) is 25.1. The van der Waals surface area contributed by atoms with Crippen molar-refractivity contribution in [1.82, 2.24) is 10.2 Å². The number of rotatable bonds is 4. The molecule has 0 aliphatic carbocycles. The van der Waals surface area contributed by atoms with Crippen LogP contribution in [0.3, 0.4) is 0 Å². The monoisotopic (exact) mass is 278 g/mol. The number of nitrogens with zero attached hydrogens (tertiary/aromatic N) is 1. The second kappa shape index (κ2) is 10.1. The van der Waals surface area contributed by atoms with Gasteiger partial charge < -0.3 is 5.32 Å². The Kier molecular flexibility index (Phi) is 9.30. The summed E-state index contributed by atoms with van der Waals surface area (Å²) in [5, 5.41) is 3.10. The molecule has 112 valence electrons. The van der Waals surface area contributed by atoms with Crippen molar-refractivity contribution in [2.45, 2.75) is 34.6 Å². The van der Waals surface area contributed by atoms with E-state index in [2.05, 4.69) is 5.32 Å². The smallest absolute Gasteiger partial charge is 0.261 e. The van der Waals surface area contributed by atoms with Crippen LogP contribution in [0.2, 0.25) is 0 Å². The Labute approximate surface area is 122 Å². The SMILES string of the molecule is CC.CC.CCNCCN1C(=O)c2ccccc2C1=O. The second-order valence-electron chi connectivity index (χ2n) is 3.66. The van der Waals surface area contributed by atoms with Gasteiger partial charge in [0.2, 0.25) is 0 Å². The number of imide groups is 1. The topological polar surface area (TPSA) is 49.4 Å². The fourth-order valence-electron chi connectivity index (χ4n) is 1.81. The molecule has 2 rings (SSSR count). The Balaban J connectivity index is 0.000000829. The maximum Gasteiger partial charge on any atom is 0.261 e. The number of likely N-dealkylation sites (N-methyl/N-ethyl adjacent to an activating group) is 1. The van der Waals surface area contributed by atoms with Crippen molar-refractivity contribution >= 4 is 11.8 Å². The largest absolute Gasteiger partial charge is 0.315 e. The van der Waals surface area contributed by atoms with E-state index in [-0.39, 0.29) is 11.8 Å². The molecule has 0 spiro atoms. The minimum Gasteiger partial charge on any atom is -0.315 e. The molecule has 1 aromatic carbocycles. The number of hydrogen-bond donors (Lipinski definition) is 1. The van der Waals surface area contributed by atoms with Crippen molar-refractivity contribution in [3.05, 3.63) is 35.4 Å². The molecule has 20 heavy (non-hydrogen) atoms. The van der Waals surface area contributed by atoms with Gasteiger partial charge in [-0.1, -0.05) is 46.8 Å². The first-order chi connectivity index (χ1) is 9.75. The first-order valence-electron chi connectivity index (χ1n) is 7.41. The highest BCUT2D eigenvalue weighted by atomic mass is 16.2. The van der Waals surface area contributed by atoms with Crippen LogP contribution in [0.4, 0.5) is 0 Å². The molecule has 2 amide bonds. The molecule has 0 saturated carbocycles. The van der Waals surface area contributed by atoms with Gasteiger partial charge in [0.05, 0.1) is 11.1 Å². The van der Waals surface area contributed by atoms with E-state index in [1.807, 2.05) is 34.6 Å². The second-order valence-corrected chi connectivity index (χ2v) is 3.66. The summed E-state index contributed by atoms with van der Waals surface area (Å²) in [5.74, 6) is -0.364. The van der Waals surface area contributed by atoms with Crippen molar-refractivity contribution in [1.29, 1.82) is 0 Å². The Morgan fingerprint density at radius 1 is 0.950 bits per heavy atom. The highest BCUT2D eigenvalue weighted by molar-refractivity contribution is 6.21. The van der Waals surface area contributed by atoms with Crippen LogP contribution >= 0.6 is 0 Å². The van der Waals surface area contributed by atoms with Gasteiger partial charge in [-0.05, 0) is 18.7 Å². The molecule has 0 radical (unpaired) electrons. The molecule has 0 atom stereocenters. The predicted molar refractivity (Wildman–Crippen MR) is 83.0 cm³/mol. The average Bonchev–Trinajstić information content (AvgIpc) is 2.77. The van der Waals surface area contributed by atoms with Crippen molar-refractivity contribution in [3.63, 3.8) is 0 Å². The number of fused-ring (bicyclic) bond motifs is 1. The summed E-state index contributed by atoms with van der Waals surface area (Å²) in [6, 6.07) is 6.95. The normalized spacial score (nSPS) is 12.2. The summed E-state index contributed by atoms with van der Waals surface area (Å²) in [5.41, 5.74) is 1.04. The molecule has 0 bridgehead atoms. The first kappa shape index (κ1) is 18.3. The van der Waals surface area contributed by atoms with Crippen molar-refractivity contribution in [3.8, 4) is 0 Å². The molecule has 1 N–H and O–H groups in total. The number of hydrogen-bond acceptors (Lipinski definition) is 3. The van der Waals surface area contributed by atoms with Gasteiger partial charge in [0.25, 0.3) is 11.8 Å².